The number of nitrogens with one attached hydrogen (secondary N) is 1. The van der Waals surface area contributed by atoms with Gasteiger partial charge in [0, 0.05) is 19.3 Å². The first-order chi connectivity index (χ1) is 13.9. The lowest BCUT2D eigenvalue weighted by atomic mass is 10.1. The fourth-order valence-corrected chi connectivity index (χ4v) is 3.64. The minimum Gasteiger partial charge on any atom is -0.632 e. The summed E-state index contributed by atoms with van der Waals surface area (Å²) >= 11 is 0. The van der Waals surface area contributed by atoms with Crippen molar-refractivity contribution in [1.29, 1.82) is 0 Å². The maximum atomic E-state index is 13.1. The first-order valence-electron chi connectivity index (χ1n) is 10.4. The summed E-state index contributed by atoms with van der Waals surface area (Å²) in [5, 5.41) is 35.2. The van der Waals surface area contributed by atoms with E-state index >= 15 is 0 Å². The third kappa shape index (κ3) is 8.18. The molecular weight excluding hydrogens is 376 g/mol. The average molecular weight is 411 g/mol. The minimum atomic E-state index is -0.755. The van der Waals surface area contributed by atoms with Gasteiger partial charge in [-0.1, -0.05) is 12.8 Å². The number of aliphatic carboxylic acids is 1. The molecule has 0 bridgehead atoms. The zero-order valence-corrected chi connectivity index (χ0v) is 17.2. The second-order valence-electron chi connectivity index (χ2n) is 7.72. The molecule has 8 heteroatoms. The van der Waals surface area contributed by atoms with Crippen LogP contribution in [0, 0.1) is 5.21 Å². The van der Waals surface area contributed by atoms with Crippen LogP contribution >= 0.6 is 0 Å². The predicted molar refractivity (Wildman–Crippen MR) is 110 cm³/mol. The summed E-state index contributed by atoms with van der Waals surface area (Å²) in [6.07, 6.45) is 4.17. The number of aliphatic hydroxyl groups is 1. The van der Waals surface area contributed by atoms with Gasteiger partial charge in [0.25, 0.3) is 0 Å². The molecule has 3 unspecified atom stereocenters. The van der Waals surface area contributed by atoms with Crippen molar-refractivity contribution in [2.45, 2.75) is 57.1 Å². The number of hydroxylamine groups is 3. The summed E-state index contributed by atoms with van der Waals surface area (Å²) in [7, 11) is 1.60. The van der Waals surface area contributed by atoms with Crippen LogP contribution in [0.15, 0.2) is 24.3 Å². The van der Waals surface area contributed by atoms with E-state index in [4.69, 9.17) is 14.6 Å². The summed E-state index contributed by atoms with van der Waals surface area (Å²) < 4.78 is 10.4. The zero-order chi connectivity index (χ0) is 21.1. The lowest BCUT2D eigenvalue weighted by Gasteiger charge is -2.43. The number of carbonyl (C=O) groups is 1. The lowest BCUT2D eigenvalue weighted by Crippen LogP contribution is -2.49. The third-order valence-corrected chi connectivity index (χ3v) is 5.45. The van der Waals surface area contributed by atoms with Gasteiger partial charge in [0.1, 0.15) is 30.8 Å². The van der Waals surface area contributed by atoms with Gasteiger partial charge in [-0.05, 0) is 37.1 Å². The van der Waals surface area contributed by atoms with E-state index in [9.17, 15) is 15.1 Å². The van der Waals surface area contributed by atoms with Crippen molar-refractivity contribution in [1.82, 2.24) is 5.32 Å². The number of ether oxygens (including phenoxy) is 2. The van der Waals surface area contributed by atoms with Crippen LogP contribution in [0.1, 0.15) is 44.9 Å². The van der Waals surface area contributed by atoms with Crippen molar-refractivity contribution in [3.05, 3.63) is 29.5 Å². The number of nitrogens with zero attached hydrogens (tertiary/aromatic N) is 1. The van der Waals surface area contributed by atoms with E-state index in [0.717, 1.165) is 31.4 Å². The smallest absolute Gasteiger partial charge is 0.303 e. The molecule has 1 aliphatic heterocycles. The first kappa shape index (κ1) is 23.4. The normalized spacial score (nSPS) is 22.4. The molecule has 0 aromatic heterocycles. The van der Waals surface area contributed by atoms with E-state index in [1.165, 1.54) is 0 Å². The molecule has 0 aliphatic carbocycles. The van der Waals surface area contributed by atoms with Gasteiger partial charge < -0.3 is 29.5 Å². The zero-order valence-electron chi connectivity index (χ0n) is 17.2. The number of quaternary nitrogens is 1. The highest BCUT2D eigenvalue weighted by Crippen LogP contribution is 2.23. The molecule has 164 valence electrons. The van der Waals surface area contributed by atoms with Crippen molar-refractivity contribution < 1.29 is 29.1 Å². The molecule has 0 radical (unpaired) electrons. The molecule has 0 spiro atoms. The second kappa shape index (κ2) is 12.0. The van der Waals surface area contributed by atoms with Crippen LogP contribution in [0.5, 0.6) is 11.5 Å². The van der Waals surface area contributed by atoms with Gasteiger partial charge in [-0.3, -0.25) is 10.1 Å². The molecule has 1 aromatic rings. The largest absolute Gasteiger partial charge is 0.632 e. The van der Waals surface area contributed by atoms with E-state index in [2.05, 4.69) is 5.32 Å². The summed E-state index contributed by atoms with van der Waals surface area (Å²) in [4.78, 5) is 10.5. The van der Waals surface area contributed by atoms with Crippen LogP contribution in [0.4, 0.5) is 0 Å². The highest BCUT2D eigenvalue weighted by atomic mass is 16.6. The minimum absolute atomic E-state index is 0.0100. The van der Waals surface area contributed by atoms with E-state index in [1.54, 1.807) is 31.4 Å². The number of aliphatic hydroxyl groups excluding tert-OH is 1. The number of methoxy groups -OCH3 is 1. The number of rotatable bonds is 14. The molecule has 1 aliphatic rings. The summed E-state index contributed by atoms with van der Waals surface area (Å²) in [6.45, 7) is 1.56. The van der Waals surface area contributed by atoms with Crippen LogP contribution < -0.4 is 14.8 Å². The third-order valence-electron chi connectivity index (χ3n) is 5.45. The van der Waals surface area contributed by atoms with E-state index in [1.807, 2.05) is 0 Å². The molecule has 1 saturated heterocycles. The Morgan fingerprint density at radius 2 is 1.93 bits per heavy atom. The van der Waals surface area contributed by atoms with Crippen LogP contribution in [0.25, 0.3) is 0 Å². The fourth-order valence-electron chi connectivity index (χ4n) is 3.64. The highest BCUT2D eigenvalue weighted by molar-refractivity contribution is 5.66. The number of carboxylic acids is 1. The highest BCUT2D eigenvalue weighted by Gasteiger charge is 2.34. The summed E-state index contributed by atoms with van der Waals surface area (Å²) in [5.74, 6) is 0.638. The topological polar surface area (TPSA) is 111 Å². The quantitative estimate of drug-likeness (QED) is 0.245. The number of benzene rings is 1. The van der Waals surface area contributed by atoms with Gasteiger partial charge in [-0.15, -0.1) is 0 Å². The van der Waals surface area contributed by atoms with Gasteiger partial charge in [0.15, 0.2) is 0 Å². The first-order valence-corrected chi connectivity index (χ1v) is 10.4. The summed E-state index contributed by atoms with van der Waals surface area (Å²) in [6, 6.07) is 7.14. The Labute approximate surface area is 172 Å². The van der Waals surface area contributed by atoms with Gasteiger partial charge in [0.2, 0.25) is 0 Å². The van der Waals surface area contributed by atoms with Gasteiger partial charge >= 0.3 is 5.97 Å². The van der Waals surface area contributed by atoms with E-state index < -0.39 is 12.1 Å². The molecule has 1 heterocycles. The molecular formula is C21H34N2O6. The Morgan fingerprint density at radius 1 is 1.24 bits per heavy atom. The lowest BCUT2D eigenvalue weighted by molar-refractivity contribution is -0.893. The maximum absolute atomic E-state index is 13.1. The van der Waals surface area contributed by atoms with Crippen molar-refractivity contribution in [3.63, 3.8) is 0 Å². The van der Waals surface area contributed by atoms with Crippen molar-refractivity contribution in [2.24, 2.45) is 0 Å². The average Bonchev–Trinajstić information content (AvgIpc) is 3.08. The Kier molecular flexibility index (Phi) is 9.66. The van der Waals surface area contributed by atoms with Gasteiger partial charge in [-0.2, -0.15) is 0 Å². The van der Waals surface area contributed by atoms with Crippen molar-refractivity contribution >= 4 is 5.97 Å². The molecule has 1 fully saturated rings. The standard InChI is InChI=1S/C21H34N2O6/c1-28-19-8-10-20(11-9-19)29-15-18(24)12-13-23(27)16-22-14-17(23)6-4-2-3-5-7-21(25)26/h8-11,17-18,22,24H,2-7,12-16H2,1H3,(H,25,26). The number of hydrogen-bond acceptors (Lipinski definition) is 6. The summed E-state index contributed by atoms with van der Waals surface area (Å²) in [5.41, 5.74) is 0. The van der Waals surface area contributed by atoms with Crippen molar-refractivity contribution in [3.8, 4) is 11.5 Å². The Balaban J connectivity index is 1.66. The molecule has 2 rings (SSSR count). The van der Waals surface area contributed by atoms with Crippen LogP contribution in [0.2, 0.25) is 0 Å². The Bertz CT molecular complexity index is 612. The molecule has 8 nitrogen and oxygen atoms in total. The fraction of sp³-hybridized carbons (Fsp3) is 0.667. The van der Waals surface area contributed by atoms with Crippen LogP contribution in [-0.2, 0) is 4.79 Å². The molecule has 3 N–H and O–H groups in total. The number of hydrogen-bond donors (Lipinski definition) is 3. The Hall–Kier alpha value is -1.87. The molecule has 3 atom stereocenters. The van der Waals surface area contributed by atoms with Crippen LogP contribution in [0.3, 0.4) is 0 Å². The van der Waals surface area contributed by atoms with Crippen LogP contribution in [-0.4, -0.2) is 66.4 Å². The monoisotopic (exact) mass is 410 g/mol. The van der Waals surface area contributed by atoms with Gasteiger partial charge in [0.05, 0.1) is 26.3 Å². The maximum Gasteiger partial charge on any atom is 0.303 e. The molecule has 0 saturated carbocycles. The molecule has 0 amide bonds. The Morgan fingerprint density at radius 3 is 2.62 bits per heavy atom. The SMILES string of the molecule is COc1ccc(OCC(O)CC[N+]2([O-])CNCC2CCCCCCC(=O)O)cc1. The van der Waals surface area contributed by atoms with Crippen molar-refractivity contribution in [2.75, 3.05) is 33.5 Å². The molecule has 29 heavy (non-hydrogen) atoms. The molecule has 1 aromatic carbocycles. The van der Waals surface area contributed by atoms with E-state index in [-0.39, 0.29) is 23.7 Å². The van der Waals surface area contributed by atoms with Gasteiger partial charge in [-0.25, -0.2) is 0 Å². The number of unbranched alkanes of at least 4 members (excludes halogenated alkanes) is 3. The second-order valence-corrected chi connectivity index (χ2v) is 7.72. The predicted octanol–water partition coefficient (Wildman–Crippen LogP) is 2.49. The number of carboxylic acid groups (broad SMARTS) is 1. The van der Waals surface area contributed by atoms with E-state index in [0.29, 0.717) is 38.3 Å².